The molecule has 8 nitrogen and oxygen atoms in total. The zero-order valence-corrected chi connectivity index (χ0v) is 19.1. The van der Waals surface area contributed by atoms with Crippen LogP contribution in [0.25, 0.3) is 17.2 Å². The minimum absolute atomic E-state index is 0.0696. The average molecular weight is 450 g/mol. The number of aromatic nitrogens is 4. The highest BCUT2D eigenvalue weighted by Gasteiger charge is 2.42. The first-order valence-corrected chi connectivity index (χ1v) is 12.0. The number of carbonyl (C=O) groups is 1. The summed E-state index contributed by atoms with van der Waals surface area (Å²) in [5.41, 5.74) is 0.343. The van der Waals surface area contributed by atoms with E-state index in [1.54, 1.807) is 0 Å². The van der Waals surface area contributed by atoms with Gasteiger partial charge in [-0.05, 0) is 25.2 Å². The third-order valence-electron chi connectivity index (χ3n) is 6.89. The van der Waals surface area contributed by atoms with Crippen LogP contribution < -0.4 is 5.56 Å². The SMILES string of the molecule is CN(CCC1CC1)C(=O)C1(OCc2cc(=O)n3nc(-c4ccccc4)nc3[nH]2)CCCCC1. The van der Waals surface area contributed by atoms with E-state index in [1.165, 1.54) is 23.4 Å². The summed E-state index contributed by atoms with van der Waals surface area (Å²) in [6.45, 7) is 0.931. The topological polar surface area (TPSA) is 92.6 Å². The molecule has 2 aliphatic rings. The standard InChI is InChI=1S/C25H31N5O3/c1-29(15-12-18-10-11-18)23(32)25(13-6-3-7-14-25)33-17-20-16-21(31)30-24(26-20)27-22(28-30)19-8-4-2-5-9-19/h2,4-5,8-9,16,18H,3,6-7,10-15,17H2,1H3,(H,26,27,28). The van der Waals surface area contributed by atoms with Crippen molar-refractivity contribution < 1.29 is 9.53 Å². The monoisotopic (exact) mass is 449 g/mol. The van der Waals surface area contributed by atoms with E-state index in [4.69, 9.17) is 4.74 Å². The summed E-state index contributed by atoms with van der Waals surface area (Å²) >= 11 is 0. The molecule has 174 valence electrons. The molecule has 0 bridgehead atoms. The lowest BCUT2D eigenvalue weighted by atomic mass is 9.83. The fraction of sp³-hybridized carbons (Fsp3) is 0.520. The van der Waals surface area contributed by atoms with Crippen LogP contribution in [0.4, 0.5) is 0 Å². The van der Waals surface area contributed by atoms with Crippen molar-refractivity contribution in [2.24, 2.45) is 5.92 Å². The molecule has 2 aliphatic carbocycles. The molecule has 3 aromatic rings. The van der Waals surface area contributed by atoms with Crippen molar-refractivity contribution in [1.29, 1.82) is 0 Å². The first kappa shape index (κ1) is 21.8. The second kappa shape index (κ2) is 9.09. The highest BCUT2D eigenvalue weighted by atomic mass is 16.5. The molecule has 0 saturated heterocycles. The van der Waals surface area contributed by atoms with E-state index in [2.05, 4.69) is 15.1 Å². The second-order valence-electron chi connectivity index (χ2n) is 9.47. The van der Waals surface area contributed by atoms with Crippen LogP contribution in [0.5, 0.6) is 0 Å². The number of carbonyl (C=O) groups excluding carboxylic acids is 1. The largest absolute Gasteiger partial charge is 0.359 e. The number of H-pyrrole nitrogens is 1. The van der Waals surface area contributed by atoms with Crippen LogP contribution in [-0.4, -0.2) is 49.6 Å². The highest BCUT2D eigenvalue weighted by Crippen LogP contribution is 2.36. The van der Waals surface area contributed by atoms with E-state index in [-0.39, 0.29) is 18.1 Å². The summed E-state index contributed by atoms with van der Waals surface area (Å²) in [7, 11) is 1.89. The van der Waals surface area contributed by atoms with Crippen molar-refractivity contribution in [2.75, 3.05) is 13.6 Å². The molecule has 2 heterocycles. The van der Waals surface area contributed by atoms with Gasteiger partial charge in [0.05, 0.1) is 6.61 Å². The Bertz CT molecular complexity index is 1180. The van der Waals surface area contributed by atoms with E-state index in [0.717, 1.165) is 56.6 Å². The highest BCUT2D eigenvalue weighted by molar-refractivity contribution is 5.85. The number of rotatable bonds is 8. The lowest BCUT2D eigenvalue weighted by molar-refractivity contribution is -0.164. The zero-order chi connectivity index (χ0) is 22.8. The van der Waals surface area contributed by atoms with Crippen molar-refractivity contribution in [3.05, 3.63) is 52.4 Å². The first-order valence-electron chi connectivity index (χ1n) is 12.0. The molecule has 5 rings (SSSR count). The van der Waals surface area contributed by atoms with Gasteiger partial charge < -0.3 is 14.6 Å². The van der Waals surface area contributed by atoms with Gasteiger partial charge in [-0.3, -0.25) is 9.59 Å². The summed E-state index contributed by atoms with van der Waals surface area (Å²) in [5, 5.41) is 4.34. The third-order valence-corrected chi connectivity index (χ3v) is 6.89. The maximum atomic E-state index is 13.4. The number of hydrogen-bond donors (Lipinski definition) is 1. The Morgan fingerprint density at radius 2 is 1.97 bits per heavy atom. The van der Waals surface area contributed by atoms with Gasteiger partial charge in [-0.1, -0.05) is 62.4 Å². The summed E-state index contributed by atoms with van der Waals surface area (Å²) in [4.78, 5) is 35.6. The van der Waals surface area contributed by atoms with E-state index < -0.39 is 5.60 Å². The normalized spacial score (nSPS) is 17.8. The van der Waals surface area contributed by atoms with Crippen LogP contribution in [0.2, 0.25) is 0 Å². The lowest BCUT2D eigenvalue weighted by Gasteiger charge is -2.38. The van der Waals surface area contributed by atoms with Crippen LogP contribution in [0.3, 0.4) is 0 Å². The van der Waals surface area contributed by atoms with Crippen molar-refractivity contribution in [1.82, 2.24) is 24.5 Å². The quantitative estimate of drug-likeness (QED) is 0.568. The van der Waals surface area contributed by atoms with E-state index in [9.17, 15) is 9.59 Å². The number of amides is 1. The predicted molar refractivity (Wildman–Crippen MR) is 125 cm³/mol. The number of ether oxygens (including phenoxy) is 1. The molecule has 33 heavy (non-hydrogen) atoms. The third kappa shape index (κ3) is 4.71. The number of fused-ring (bicyclic) bond motifs is 1. The van der Waals surface area contributed by atoms with Crippen LogP contribution in [0.15, 0.2) is 41.2 Å². The fourth-order valence-electron chi connectivity index (χ4n) is 4.71. The lowest BCUT2D eigenvalue weighted by Crippen LogP contribution is -2.51. The van der Waals surface area contributed by atoms with Gasteiger partial charge in [-0.25, -0.2) is 0 Å². The number of nitrogens with zero attached hydrogens (tertiary/aromatic N) is 4. The maximum absolute atomic E-state index is 13.4. The molecule has 2 fully saturated rings. The van der Waals surface area contributed by atoms with E-state index in [0.29, 0.717) is 17.3 Å². The Hall–Kier alpha value is -3.00. The van der Waals surface area contributed by atoms with E-state index >= 15 is 0 Å². The van der Waals surface area contributed by atoms with E-state index in [1.807, 2.05) is 42.3 Å². The number of hydrogen-bond acceptors (Lipinski definition) is 5. The maximum Gasteiger partial charge on any atom is 0.275 e. The van der Waals surface area contributed by atoms with Crippen LogP contribution in [-0.2, 0) is 16.1 Å². The van der Waals surface area contributed by atoms with Crippen molar-refractivity contribution >= 4 is 11.7 Å². The van der Waals surface area contributed by atoms with Gasteiger partial charge in [0.25, 0.3) is 11.5 Å². The van der Waals surface area contributed by atoms with Gasteiger partial charge in [0, 0.05) is 30.9 Å². The molecule has 0 atom stereocenters. The van der Waals surface area contributed by atoms with Crippen molar-refractivity contribution in [2.45, 2.75) is 63.6 Å². The van der Waals surface area contributed by atoms with Gasteiger partial charge in [0.1, 0.15) is 5.60 Å². The Labute approximate surface area is 193 Å². The van der Waals surface area contributed by atoms with Gasteiger partial charge in [-0.15, -0.1) is 5.10 Å². The Kier molecular flexibility index (Phi) is 6.01. The summed E-state index contributed by atoms with van der Waals surface area (Å²) in [6, 6.07) is 11.0. The van der Waals surface area contributed by atoms with Crippen LogP contribution >= 0.6 is 0 Å². The molecule has 1 N–H and O–H groups in total. The minimum atomic E-state index is -0.817. The van der Waals surface area contributed by atoms with Gasteiger partial charge >= 0.3 is 0 Å². The van der Waals surface area contributed by atoms with Gasteiger partial charge in [0.15, 0.2) is 5.82 Å². The van der Waals surface area contributed by atoms with Crippen LogP contribution in [0.1, 0.15) is 57.1 Å². The number of aromatic amines is 1. The zero-order valence-electron chi connectivity index (χ0n) is 19.1. The molecule has 8 heteroatoms. The van der Waals surface area contributed by atoms with Crippen molar-refractivity contribution in [3.63, 3.8) is 0 Å². The average Bonchev–Trinajstić information content (AvgIpc) is 3.58. The molecule has 2 saturated carbocycles. The molecule has 2 aromatic heterocycles. The fourth-order valence-corrected chi connectivity index (χ4v) is 4.71. The smallest absolute Gasteiger partial charge is 0.275 e. The van der Waals surface area contributed by atoms with Crippen LogP contribution in [0, 0.1) is 5.92 Å². The predicted octanol–water partition coefficient (Wildman–Crippen LogP) is 3.56. The Balaban J connectivity index is 1.34. The van der Waals surface area contributed by atoms with Gasteiger partial charge in [-0.2, -0.15) is 9.50 Å². The Morgan fingerprint density at radius 1 is 1.21 bits per heavy atom. The molecule has 0 unspecified atom stereocenters. The summed E-state index contributed by atoms with van der Waals surface area (Å²) in [5.74, 6) is 1.70. The number of likely N-dealkylation sites (N-methyl/N-ethyl adjacent to an activating group) is 1. The molecular weight excluding hydrogens is 418 g/mol. The molecule has 0 spiro atoms. The molecule has 1 amide bonds. The molecule has 0 aliphatic heterocycles. The number of nitrogens with one attached hydrogen (secondary N) is 1. The first-order chi connectivity index (χ1) is 16.0. The molecular formula is C25H31N5O3. The van der Waals surface area contributed by atoms with Gasteiger partial charge in [0.2, 0.25) is 5.78 Å². The Morgan fingerprint density at radius 3 is 2.70 bits per heavy atom. The summed E-state index contributed by atoms with van der Waals surface area (Å²) < 4.78 is 7.60. The second-order valence-corrected chi connectivity index (χ2v) is 9.47. The summed E-state index contributed by atoms with van der Waals surface area (Å²) in [6.07, 6.45) is 8.14. The minimum Gasteiger partial charge on any atom is -0.359 e. The molecule has 1 aromatic carbocycles. The number of benzene rings is 1. The van der Waals surface area contributed by atoms with Crippen molar-refractivity contribution in [3.8, 4) is 11.4 Å². The molecule has 0 radical (unpaired) electrons.